The summed E-state index contributed by atoms with van der Waals surface area (Å²) in [5.74, 6) is -0.452. The Bertz CT molecular complexity index is 621. The van der Waals surface area contributed by atoms with Crippen molar-refractivity contribution in [1.82, 2.24) is 0 Å². The van der Waals surface area contributed by atoms with Crippen molar-refractivity contribution in [2.45, 2.75) is 25.9 Å². The van der Waals surface area contributed by atoms with Crippen LogP contribution in [0.3, 0.4) is 0 Å². The summed E-state index contributed by atoms with van der Waals surface area (Å²) < 4.78 is 5.81. The van der Waals surface area contributed by atoms with Crippen LogP contribution in [-0.2, 0) is 14.4 Å². The molecule has 1 aromatic carbocycles. The lowest BCUT2D eigenvalue weighted by Gasteiger charge is -2.18. The van der Waals surface area contributed by atoms with Gasteiger partial charge in [-0.15, -0.1) is 0 Å². The zero-order chi connectivity index (χ0) is 14.8. The zero-order valence-corrected chi connectivity index (χ0v) is 12.7. The van der Waals surface area contributed by atoms with E-state index in [-0.39, 0.29) is 13.0 Å². The molecular formula is C14H13BrN2O3. The van der Waals surface area contributed by atoms with Gasteiger partial charge in [0.05, 0.1) is 24.0 Å². The first-order chi connectivity index (χ1) is 9.50. The molecule has 6 heteroatoms. The first-order valence-electron chi connectivity index (χ1n) is 6.12. The largest absolute Gasteiger partial charge is 0.463 e. The highest BCUT2D eigenvalue weighted by Gasteiger charge is 2.44. The Kier molecular flexibility index (Phi) is 4.09. The van der Waals surface area contributed by atoms with Gasteiger partial charge >= 0.3 is 5.97 Å². The Morgan fingerprint density at radius 1 is 1.65 bits per heavy atom. The van der Waals surface area contributed by atoms with E-state index in [2.05, 4.69) is 27.2 Å². The maximum atomic E-state index is 11.9. The number of rotatable bonds is 3. The molecule has 1 aromatic rings. The van der Waals surface area contributed by atoms with E-state index in [0.717, 1.165) is 4.47 Å². The number of carbonyl (C=O) groups is 1. The minimum atomic E-state index is -1.12. The number of benzene rings is 1. The molecule has 0 saturated carbocycles. The van der Waals surface area contributed by atoms with Crippen molar-refractivity contribution in [3.8, 4) is 6.07 Å². The molecule has 5 nitrogen and oxygen atoms in total. The third kappa shape index (κ3) is 2.68. The van der Waals surface area contributed by atoms with Crippen LogP contribution in [0, 0.1) is 11.3 Å². The fourth-order valence-corrected chi connectivity index (χ4v) is 2.29. The maximum Gasteiger partial charge on any atom is 0.353 e. The number of nitrogens with zero attached hydrogens (tertiary/aromatic N) is 2. The van der Waals surface area contributed by atoms with Gasteiger partial charge in [-0.1, -0.05) is 21.1 Å². The fraction of sp³-hybridized carbons (Fsp3) is 0.357. The summed E-state index contributed by atoms with van der Waals surface area (Å²) in [4.78, 5) is 17.1. The average molecular weight is 337 g/mol. The third-order valence-corrected chi connectivity index (χ3v) is 3.48. The maximum absolute atomic E-state index is 11.9. The normalized spacial score (nSPS) is 20.8. The van der Waals surface area contributed by atoms with Crippen LogP contribution in [0.1, 0.15) is 31.4 Å². The highest BCUT2D eigenvalue weighted by Crippen LogP contribution is 2.30. The molecule has 2 rings (SSSR count). The molecule has 1 heterocycles. The van der Waals surface area contributed by atoms with Crippen molar-refractivity contribution in [3.05, 3.63) is 33.8 Å². The molecule has 0 amide bonds. The fourth-order valence-electron chi connectivity index (χ4n) is 1.93. The van der Waals surface area contributed by atoms with E-state index in [1.165, 1.54) is 0 Å². The second-order valence-corrected chi connectivity index (χ2v) is 5.47. The molecule has 0 aliphatic carbocycles. The third-order valence-electron chi connectivity index (χ3n) is 2.98. The molecule has 0 saturated heterocycles. The number of carbonyl (C=O) groups excluding carboxylic acids is 1. The lowest BCUT2D eigenvalue weighted by atomic mass is 9.94. The summed E-state index contributed by atoms with van der Waals surface area (Å²) in [5.41, 5.74) is 0.595. The van der Waals surface area contributed by atoms with Gasteiger partial charge in [0.15, 0.2) is 0 Å². The highest BCUT2D eigenvalue weighted by atomic mass is 79.9. The molecular weight excluding hydrogens is 324 g/mol. The SMILES string of the molecule is CCOC(=O)C1(C)CC(c2cc(Br)ccc2C#N)=NO1. The summed E-state index contributed by atoms with van der Waals surface area (Å²) in [7, 11) is 0. The highest BCUT2D eigenvalue weighted by molar-refractivity contribution is 9.10. The Morgan fingerprint density at radius 3 is 3.05 bits per heavy atom. The van der Waals surface area contributed by atoms with E-state index >= 15 is 0 Å². The molecule has 104 valence electrons. The molecule has 0 radical (unpaired) electrons. The molecule has 1 aliphatic heterocycles. The number of nitriles is 1. The van der Waals surface area contributed by atoms with Gasteiger partial charge in [-0.2, -0.15) is 5.26 Å². The second-order valence-electron chi connectivity index (χ2n) is 4.56. The van der Waals surface area contributed by atoms with Gasteiger partial charge in [0.25, 0.3) is 0 Å². The smallest absolute Gasteiger partial charge is 0.353 e. The van der Waals surface area contributed by atoms with Crippen molar-refractivity contribution < 1.29 is 14.4 Å². The summed E-state index contributed by atoms with van der Waals surface area (Å²) >= 11 is 3.36. The lowest BCUT2D eigenvalue weighted by molar-refractivity contribution is -0.166. The number of ether oxygens (including phenoxy) is 1. The van der Waals surface area contributed by atoms with E-state index < -0.39 is 11.6 Å². The first kappa shape index (κ1) is 14.5. The predicted octanol–water partition coefficient (Wildman–Crippen LogP) is 2.77. The molecule has 20 heavy (non-hydrogen) atoms. The molecule has 0 N–H and O–H groups in total. The Morgan fingerprint density at radius 2 is 2.40 bits per heavy atom. The van der Waals surface area contributed by atoms with E-state index in [1.807, 2.05) is 0 Å². The monoisotopic (exact) mass is 336 g/mol. The van der Waals surface area contributed by atoms with Gasteiger partial charge in [0.1, 0.15) is 0 Å². The Labute approximate surface area is 125 Å². The number of hydrogen-bond acceptors (Lipinski definition) is 5. The number of halogens is 1. The van der Waals surface area contributed by atoms with E-state index in [4.69, 9.17) is 14.8 Å². The molecule has 0 spiro atoms. The molecule has 1 aliphatic rings. The van der Waals surface area contributed by atoms with Crippen LogP contribution in [0.25, 0.3) is 0 Å². The number of hydrogen-bond donors (Lipinski definition) is 0. The van der Waals surface area contributed by atoms with Crippen molar-refractivity contribution in [2.75, 3.05) is 6.61 Å². The molecule has 0 bridgehead atoms. The van der Waals surface area contributed by atoms with Gasteiger partial charge in [0.2, 0.25) is 5.60 Å². The summed E-state index contributed by atoms with van der Waals surface area (Å²) in [5, 5.41) is 13.1. The van der Waals surface area contributed by atoms with Gasteiger partial charge in [0, 0.05) is 16.5 Å². The standard InChI is InChI=1S/C14H13BrN2O3/c1-3-19-13(18)14(2)7-12(17-20-14)11-6-10(15)5-4-9(11)8-16/h4-6H,3,7H2,1-2H3. The van der Waals surface area contributed by atoms with E-state index in [1.54, 1.807) is 32.0 Å². The van der Waals surface area contributed by atoms with Gasteiger partial charge < -0.3 is 9.57 Å². The molecule has 0 aromatic heterocycles. The molecule has 1 unspecified atom stereocenters. The van der Waals surface area contributed by atoms with Gasteiger partial charge in [-0.25, -0.2) is 4.79 Å². The Balaban J connectivity index is 2.28. The van der Waals surface area contributed by atoms with Crippen molar-refractivity contribution >= 4 is 27.6 Å². The zero-order valence-electron chi connectivity index (χ0n) is 11.1. The quantitative estimate of drug-likeness (QED) is 0.795. The average Bonchev–Trinajstić information content (AvgIpc) is 2.83. The molecule has 0 fully saturated rings. The van der Waals surface area contributed by atoms with Crippen LogP contribution in [0.2, 0.25) is 0 Å². The minimum absolute atomic E-state index is 0.275. The van der Waals surface area contributed by atoms with Crippen molar-refractivity contribution in [1.29, 1.82) is 5.26 Å². The van der Waals surface area contributed by atoms with Crippen LogP contribution in [0.5, 0.6) is 0 Å². The summed E-state index contributed by atoms with van der Waals surface area (Å²) in [6.45, 7) is 3.65. The van der Waals surface area contributed by atoms with E-state index in [0.29, 0.717) is 16.8 Å². The molecule has 1 atom stereocenters. The van der Waals surface area contributed by atoms with Crippen molar-refractivity contribution in [2.24, 2.45) is 5.16 Å². The summed E-state index contributed by atoms with van der Waals surface area (Å²) in [6.07, 6.45) is 0.275. The minimum Gasteiger partial charge on any atom is -0.463 e. The van der Waals surface area contributed by atoms with Crippen molar-refractivity contribution in [3.63, 3.8) is 0 Å². The van der Waals surface area contributed by atoms with Crippen LogP contribution < -0.4 is 0 Å². The van der Waals surface area contributed by atoms with Gasteiger partial charge in [-0.3, -0.25) is 0 Å². The predicted molar refractivity (Wildman–Crippen MR) is 76.1 cm³/mol. The number of oxime groups is 1. The summed E-state index contributed by atoms with van der Waals surface area (Å²) in [6, 6.07) is 7.37. The first-order valence-corrected chi connectivity index (χ1v) is 6.92. The topological polar surface area (TPSA) is 71.7 Å². The van der Waals surface area contributed by atoms with Crippen LogP contribution >= 0.6 is 15.9 Å². The van der Waals surface area contributed by atoms with Gasteiger partial charge in [-0.05, 0) is 32.0 Å². The van der Waals surface area contributed by atoms with E-state index in [9.17, 15) is 4.79 Å². The van der Waals surface area contributed by atoms with Crippen LogP contribution in [0.15, 0.2) is 27.8 Å². The number of esters is 1. The van der Waals surface area contributed by atoms with Crippen LogP contribution in [-0.4, -0.2) is 23.9 Å². The lowest BCUT2D eigenvalue weighted by Crippen LogP contribution is -2.37. The Hall–Kier alpha value is -1.87. The van der Waals surface area contributed by atoms with Crippen LogP contribution in [0.4, 0.5) is 0 Å². The second kappa shape index (κ2) is 5.63.